The van der Waals surface area contributed by atoms with Gasteiger partial charge in [0.05, 0.1) is 0 Å². The Kier molecular flexibility index (Phi) is 3.64. The highest BCUT2D eigenvalue weighted by molar-refractivity contribution is 5.89. The first-order chi connectivity index (χ1) is 12.7. The first-order valence-electron chi connectivity index (χ1n) is 9.13. The molecule has 1 aliphatic heterocycles. The van der Waals surface area contributed by atoms with Crippen molar-refractivity contribution in [2.45, 2.75) is 32.5 Å². The number of allylic oxidation sites excluding steroid dienone is 1. The van der Waals surface area contributed by atoms with Crippen molar-refractivity contribution < 1.29 is 4.39 Å². The Bertz CT molecular complexity index is 1030. The number of likely N-dealkylation sites (N-methyl/N-ethyl adjacent to an activating group) is 1. The van der Waals surface area contributed by atoms with Gasteiger partial charge in [-0.05, 0) is 54.3 Å². The van der Waals surface area contributed by atoms with Crippen LogP contribution in [0.25, 0.3) is 22.8 Å². The highest BCUT2D eigenvalue weighted by Gasteiger charge is 2.24. The molecule has 0 spiro atoms. The van der Waals surface area contributed by atoms with Gasteiger partial charge in [-0.3, -0.25) is 4.98 Å². The number of nitrogens with zero attached hydrogens (tertiary/aromatic N) is 4. The zero-order chi connectivity index (χ0) is 17.7. The third-order valence-corrected chi connectivity index (χ3v) is 5.63. The molecule has 0 radical (unpaired) electrons. The van der Waals surface area contributed by atoms with Gasteiger partial charge in [0.25, 0.3) is 0 Å². The summed E-state index contributed by atoms with van der Waals surface area (Å²) in [7, 11) is 2.14. The molecule has 0 N–H and O–H groups in total. The largest absolute Gasteiger partial charge is 0.304 e. The molecule has 3 aromatic rings. The van der Waals surface area contributed by atoms with Gasteiger partial charge in [0.1, 0.15) is 12.3 Å². The first-order valence-corrected chi connectivity index (χ1v) is 9.13. The number of hydrogen-bond acceptors (Lipinski definition) is 3. The van der Waals surface area contributed by atoms with E-state index in [0.29, 0.717) is 5.56 Å². The summed E-state index contributed by atoms with van der Waals surface area (Å²) in [5.41, 5.74) is 8.14. The number of fused-ring (bicyclic) bond motifs is 4. The molecule has 5 rings (SSSR count). The average molecular weight is 348 g/mol. The van der Waals surface area contributed by atoms with E-state index in [1.807, 2.05) is 18.5 Å². The monoisotopic (exact) mass is 348 g/mol. The van der Waals surface area contributed by atoms with Crippen LogP contribution < -0.4 is 0 Å². The van der Waals surface area contributed by atoms with E-state index in [1.54, 1.807) is 6.20 Å². The summed E-state index contributed by atoms with van der Waals surface area (Å²) in [4.78, 5) is 11.2. The Labute approximate surface area is 152 Å². The molecule has 0 bridgehead atoms. The average Bonchev–Trinajstić information content (AvgIpc) is 3.21. The fourth-order valence-electron chi connectivity index (χ4n) is 4.28. The lowest BCUT2D eigenvalue weighted by Crippen LogP contribution is -2.26. The zero-order valence-electron chi connectivity index (χ0n) is 14.9. The Hall–Kier alpha value is -2.53. The molecule has 0 saturated heterocycles. The van der Waals surface area contributed by atoms with Crippen molar-refractivity contribution in [2.75, 3.05) is 13.6 Å². The predicted molar refractivity (Wildman–Crippen MR) is 101 cm³/mol. The highest BCUT2D eigenvalue weighted by Crippen LogP contribution is 2.35. The molecule has 0 fully saturated rings. The van der Waals surface area contributed by atoms with Crippen molar-refractivity contribution in [2.24, 2.45) is 0 Å². The van der Waals surface area contributed by atoms with E-state index in [4.69, 9.17) is 0 Å². The lowest BCUT2D eigenvalue weighted by atomic mass is 10.0. The minimum atomic E-state index is -0.472. The number of hydrogen-bond donors (Lipinski definition) is 0. The van der Waals surface area contributed by atoms with Crippen molar-refractivity contribution in [3.63, 3.8) is 0 Å². The molecule has 26 heavy (non-hydrogen) atoms. The number of rotatable bonds is 2. The lowest BCUT2D eigenvalue weighted by molar-refractivity contribution is 0.312. The molecular weight excluding hydrogens is 327 g/mol. The Balaban J connectivity index is 1.72. The van der Waals surface area contributed by atoms with Gasteiger partial charge in [0.2, 0.25) is 0 Å². The number of aromatic nitrogens is 3. The number of alkyl halides is 1. The molecular formula is C21H21FN4. The molecule has 0 unspecified atom stereocenters. The summed E-state index contributed by atoms with van der Waals surface area (Å²) in [6.07, 6.45) is 10.8. The van der Waals surface area contributed by atoms with E-state index in [9.17, 15) is 4.39 Å². The number of aryl methyl sites for hydroxylation is 1. The van der Waals surface area contributed by atoms with Gasteiger partial charge < -0.3 is 9.47 Å². The second-order valence-corrected chi connectivity index (χ2v) is 7.32. The second kappa shape index (κ2) is 6.02. The van der Waals surface area contributed by atoms with Crippen LogP contribution in [0.15, 0.2) is 30.7 Å². The van der Waals surface area contributed by atoms with Gasteiger partial charge in [0.15, 0.2) is 0 Å². The van der Waals surface area contributed by atoms with Gasteiger partial charge in [-0.2, -0.15) is 0 Å². The van der Waals surface area contributed by atoms with Crippen LogP contribution in [0, 0.1) is 0 Å². The third-order valence-electron chi connectivity index (χ3n) is 5.63. The first kappa shape index (κ1) is 15.7. The molecule has 3 aromatic heterocycles. The molecule has 0 amide bonds. The summed E-state index contributed by atoms with van der Waals surface area (Å²) in [5.74, 6) is 0. The molecule has 0 atom stereocenters. The molecule has 4 nitrogen and oxygen atoms in total. The van der Waals surface area contributed by atoms with Crippen molar-refractivity contribution in [1.82, 2.24) is 19.4 Å². The predicted octanol–water partition coefficient (Wildman–Crippen LogP) is 3.83. The van der Waals surface area contributed by atoms with E-state index >= 15 is 0 Å². The Morgan fingerprint density at radius 2 is 2.15 bits per heavy atom. The summed E-state index contributed by atoms with van der Waals surface area (Å²) in [6.45, 7) is 1.45. The van der Waals surface area contributed by atoms with Crippen molar-refractivity contribution >= 4 is 22.8 Å². The van der Waals surface area contributed by atoms with Gasteiger partial charge in [-0.15, -0.1) is 0 Å². The van der Waals surface area contributed by atoms with Gasteiger partial charge in [0, 0.05) is 60.9 Å². The minimum Gasteiger partial charge on any atom is -0.304 e. The lowest BCUT2D eigenvalue weighted by Gasteiger charge is -2.23. The van der Waals surface area contributed by atoms with Crippen LogP contribution in [-0.2, 0) is 26.1 Å². The van der Waals surface area contributed by atoms with E-state index in [2.05, 4.69) is 38.7 Å². The van der Waals surface area contributed by atoms with Crippen LogP contribution in [-0.4, -0.2) is 33.0 Å². The third kappa shape index (κ3) is 2.38. The Morgan fingerprint density at radius 3 is 3.04 bits per heavy atom. The van der Waals surface area contributed by atoms with E-state index in [1.165, 1.54) is 28.0 Å². The quantitative estimate of drug-likeness (QED) is 0.706. The maximum atomic E-state index is 13.2. The maximum absolute atomic E-state index is 13.2. The molecule has 1 aliphatic carbocycles. The van der Waals surface area contributed by atoms with Crippen LogP contribution in [0.4, 0.5) is 4.39 Å². The molecule has 0 saturated carbocycles. The smallest absolute Gasteiger partial charge is 0.144 e. The summed E-state index contributed by atoms with van der Waals surface area (Å²) >= 11 is 0. The van der Waals surface area contributed by atoms with Gasteiger partial charge in [-0.25, -0.2) is 9.37 Å². The number of pyridine rings is 2. The molecule has 132 valence electrons. The van der Waals surface area contributed by atoms with Crippen LogP contribution in [0.2, 0.25) is 0 Å². The standard InChI is InChI=1S/C21H21FN4/c1-25-7-5-20-19(13-25)18-8-14(9-22)10-24-21(18)26(20)12-16-3-2-15-11-23-6-4-17(15)16/h4,6,8,10-12H,2-3,5,7,9,13H2,1H3. The summed E-state index contributed by atoms with van der Waals surface area (Å²) < 4.78 is 15.4. The molecule has 0 aromatic carbocycles. The number of halogens is 1. The molecule has 5 heteroatoms. The van der Waals surface area contributed by atoms with Crippen LogP contribution in [0.3, 0.4) is 0 Å². The van der Waals surface area contributed by atoms with Crippen molar-refractivity contribution in [3.8, 4) is 0 Å². The minimum absolute atomic E-state index is 0.472. The fourth-order valence-corrected chi connectivity index (χ4v) is 4.28. The topological polar surface area (TPSA) is 34.0 Å². The van der Waals surface area contributed by atoms with Crippen LogP contribution in [0.1, 0.15) is 34.4 Å². The zero-order valence-corrected chi connectivity index (χ0v) is 14.9. The van der Waals surface area contributed by atoms with Crippen LogP contribution in [0.5, 0.6) is 0 Å². The van der Waals surface area contributed by atoms with E-state index in [0.717, 1.165) is 43.4 Å². The normalized spacial score (nSPS) is 18.5. The van der Waals surface area contributed by atoms with Gasteiger partial charge in [-0.1, -0.05) is 0 Å². The van der Waals surface area contributed by atoms with E-state index < -0.39 is 6.67 Å². The summed E-state index contributed by atoms with van der Waals surface area (Å²) in [5, 5.41) is 1.09. The fraction of sp³-hybridized carbons (Fsp3) is 0.333. The second-order valence-electron chi connectivity index (χ2n) is 7.32. The van der Waals surface area contributed by atoms with E-state index in [-0.39, 0.29) is 0 Å². The summed E-state index contributed by atoms with van der Waals surface area (Å²) in [6, 6.07) is 4.08. The van der Waals surface area contributed by atoms with Crippen molar-refractivity contribution in [3.05, 3.63) is 58.7 Å². The van der Waals surface area contributed by atoms with Gasteiger partial charge >= 0.3 is 0 Å². The highest BCUT2D eigenvalue weighted by atomic mass is 19.1. The van der Waals surface area contributed by atoms with Crippen LogP contribution >= 0.6 is 0 Å². The SMILES string of the molecule is CN1CCc2c(c3cc(CF)cnc3n2C=C2CCc3cnccc32)C1. The maximum Gasteiger partial charge on any atom is 0.144 e. The Morgan fingerprint density at radius 1 is 1.23 bits per heavy atom. The molecule has 4 heterocycles. The molecule has 2 aliphatic rings. The van der Waals surface area contributed by atoms with Crippen molar-refractivity contribution in [1.29, 1.82) is 0 Å².